The number of nitrogen functional groups attached to an aromatic ring is 1. The summed E-state index contributed by atoms with van der Waals surface area (Å²) in [6, 6.07) is 3.89. The van der Waals surface area contributed by atoms with Crippen molar-refractivity contribution in [3.05, 3.63) is 57.9 Å². The van der Waals surface area contributed by atoms with E-state index < -0.39 is 23.4 Å². The molecule has 1 aliphatic heterocycles. The quantitative estimate of drug-likeness (QED) is 0.568. The van der Waals surface area contributed by atoms with Gasteiger partial charge in [0.2, 0.25) is 5.78 Å². The molecule has 0 saturated heterocycles. The Morgan fingerprint density at radius 2 is 1.94 bits per heavy atom. The van der Waals surface area contributed by atoms with Crippen molar-refractivity contribution < 1.29 is 22.8 Å². The van der Waals surface area contributed by atoms with Crippen LogP contribution in [0.5, 0.6) is 0 Å². The fourth-order valence-corrected chi connectivity index (χ4v) is 4.54. The molecule has 1 fully saturated rings. The van der Waals surface area contributed by atoms with Gasteiger partial charge >= 0.3 is 6.18 Å². The van der Waals surface area contributed by atoms with Gasteiger partial charge in [0.15, 0.2) is 11.5 Å². The van der Waals surface area contributed by atoms with Crippen LogP contribution in [0.1, 0.15) is 62.9 Å². The number of hydrogen-bond donors (Lipinski definition) is 2. The van der Waals surface area contributed by atoms with Gasteiger partial charge in [-0.1, -0.05) is 0 Å². The van der Waals surface area contributed by atoms with E-state index in [0.717, 1.165) is 18.9 Å². The summed E-state index contributed by atoms with van der Waals surface area (Å²) >= 11 is 0. The Bertz CT molecular complexity index is 1310. The predicted molar refractivity (Wildman–Crippen MR) is 112 cm³/mol. The monoisotopic (exact) mass is 458 g/mol. The van der Waals surface area contributed by atoms with Crippen LogP contribution in [0.25, 0.3) is 5.65 Å². The number of halogens is 3. The second kappa shape index (κ2) is 7.27. The van der Waals surface area contributed by atoms with Crippen molar-refractivity contribution in [3.8, 4) is 0 Å². The summed E-state index contributed by atoms with van der Waals surface area (Å²) in [6.45, 7) is 2.60. The lowest BCUT2D eigenvalue weighted by Crippen LogP contribution is -2.29. The highest BCUT2D eigenvalue weighted by Crippen LogP contribution is 2.42. The first-order valence-corrected chi connectivity index (χ1v) is 10.5. The summed E-state index contributed by atoms with van der Waals surface area (Å²) in [4.78, 5) is 31.0. The lowest BCUT2D eigenvalue weighted by atomic mass is 9.96. The molecule has 4 N–H and O–H groups in total. The molecule has 3 heterocycles. The number of benzene rings is 1. The summed E-state index contributed by atoms with van der Waals surface area (Å²) in [7, 11) is 0. The first kappa shape index (κ1) is 21.4. The van der Waals surface area contributed by atoms with Gasteiger partial charge in [-0.2, -0.15) is 13.2 Å². The van der Waals surface area contributed by atoms with Crippen LogP contribution in [0, 0.1) is 5.92 Å². The summed E-state index contributed by atoms with van der Waals surface area (Å²) in [5.41, 5.74) is 10.5. The SMILES string of the molecule is C[C@@H](C1CC1)N1Cc2cc(C(=O)c3ccn4nc(N)c(C(N)=O)c4n3)cc(C(F)(F)F)c2C1. The number of nitrogens with zero attached hydrogens (tertiary/aromatic N) is 4. The van der Waals surface area contributed by atoms with Crippen LogP contribution >= 0.6 is 0 Å². The van der Waals surface area contributed by atoms with Gasteiger partial charge in [-0.3, -0.25) is 14.5 Å². The summed E-state index contributed by atoms with van der Waals surface area (Å²) in [5.74, 6) is -1.22. The van der Waals surface area contributed by atoms with Crippen LogP contribution < -0.4 is 11.5 Å². The van der Waals surface area contributed by atoms with Gasteiger partial charge in [0.1, 0.15) is 11.3 Å². The molecular weight excluding hydrogens is 437 g/mol. The zero-order chi connectivity index (χ0) is 23.7. The van der Waals surface area contributed by atoms with Gasteiger partial charge in [-0.25, -0.2) is 9.50 Å². The third-order valence-corrected chi connectivity index (χ3v) is 6.52. The maximum absolute atomic E-state index is 13.9. The van der Waals surface area contributed by atoms with Crippen LogP contribution in [0.4, 0.5) is 19.0 Å². The van der Waals surface area contributed by atoms with Crippen molar-refractivity contribution in [3.63, 3.8) is 0 Å². The second-order valence-corrected chi connectivity index (χ2v) is 8.68. The third kappa shape index (κ3) is 3.62. The Morgan fingerprint density at radius 3 is 2.58 bits per heavy atom. The molecule has 2 aromatic heterocycles. The number of amides is 1. The third-order valence-electron chi connectivity index (χ3n) is 6.52. The minimum atomic E-state index is -4.60. The number of ketones is 1. The Hall–Kier alpha value is -3.47. The largest absolute Gasteiger partial charge is 0.416 e. The zero-order valence-electron chi connectivity index (χ0n) is 17.7. The maximum Gasteiger partial charge on any atom is 0.416 e. The summed E-state index contributed by atoms with van der Waals surface area (Å²) < 4.78 is 42.9. The highest BCUT2D eigenvalue weighted by Gasteiger charge is 2.41. The number of hydrogen-bond acceptors (Lipinski definition) is 6. The maximum atomic E-state index is 13.9. The van der Waals surface area contributed by atoms with Crippen molar-refractivity contribution in [2.24, 2.45) is 11.7 Å². The van der Waals surface area contributed by atoms with E-state index in [4.69, 9.17) is 11.5 Å². The predicted octanol–water partition coefficient (Wildman–Crippen LogP) is 2.77. The standard InChI is InChI=1S/C22H21F3N6O2/c1-10(11-2-3-11)30-8-13-6-12(7-15(14(13)9-30)22(23,24)25)18(32)16-4-5-31-21(28-16)17(20(27)33)19(26)29-31/h4-7,10-11H,2-3,8-9H2,1H3,(H2,26,29)(H2,27,33)/t10-/m0/s1. The fraction of sp³-hybridized carbons (Fsp3) is 0.364. The molecule has 1 atom stereocenters. The number of primary amides is 1. The highest BCUT2D eigenvalue weighted by molar-refractivity contribution is 6.09. The number of anilines is 1. The molecular formula is C22H21F3N6O2. The van der Waals surface area contributed by atoms with Gasteiger partial charge in [-0.15, -0.1) is 5.10 Å². The molecule has 0 radical (unpaired) electrons. The van der Waals surface area contributed by atoms with Gasteiger partial charge in [-0.05, 0) is 55.0 Å². The Morgan fingerprint density at radius 1 is 1.21 bits per heavy atom. The highest BCUT2D eigenvalue weighted by atomic mass is 19.4. The van der Waals surface area contributed by atoms with E-state index in [0.29, 0.717) is 18.0 Å². The van der Waals surface area contributed by atoms with Gasteiger partial charge in [0.05, 0.1) is 5.56 Å². The van der Waals surface area contributed by atoms with Crippen LogP contribution in [0.15, 0.2) is 24.4 Å². The topological polar surface area (TPSA) is 120 Å². The molecule has 33 heavy (non-hydrogen) atoms. The average molecular weight is 458 g/mol. The fourth-order valence-electron chi connectivity index (χ4n) is 4.54. The van der Waals surface area contributed by atoms with E-state index >= 15 is 0 Å². The van der Waals surface area contributed by atoms with Crippen molar-refractivity contribution >= 4 is 23.2 Å². The molecule has 1 amide bonds. The van der Waals surface area contributed by atoms with E-state index in [1.54, 1.807) is 0 Å². The molecule has 3 aromatic rings. The van der Waals surface area contributed by atoms with E-state index in [2.05, 4.69) is 10.1 Å². The molecule has 1 aliphatic carbocycles. The van der Waals surface area contributed by atoms with E-state index in [-0.39, 0.29) is 46.4 Å². The number of carbonyl (C=O) groups excluding carboxylic acids is 2. The second-order valence-electron chi connectivity index (χ2n) is 8.68. The number of fused-ring (bicyclic) bond motifs is 2. The van der Waals surface area contributed by atoms with Crippen molar-refractivity contribution in [1.82, 2.24) is 19.5 Å². The van der Waals surface area contributed by atoms with Crippen LogP contribution in [0.3, 0.4) is 0 Å². The molecule has 172 valence electrons. The van der Waals surface area contributed by atoms with Crippen molar-refractivity contribution in [1.29, 1.82) is 0 Å². The molecule has 0 bridgehead atoms. The van der Waals surface area contributed by atoms with E-state index in [1.807, 2.05) is 11.8 Å². The van der Waals surface area contributed by atoms with Crippen LogP contribution in [0.2, 0.25) is 0 Å². The molecule has 11 heteroatoms. The Kier molecular flexibility index (Phi) is 4.71. The van der Waals surface area contributed by atoms with Gasteiger partial charge in [0, 0.05) is 30.9 Å². The summed E-state index contributed by atoms with van der Waals surface area (Å²) in [5, 5.41) is 3.91. The lowest BCUT2D eigenvalue weighted by Gasteiger charge is -2.23. The normalized spacial score (nSPS) is 17.3. The Labute approximate surface area is 186 Å². The van der Waals surface area contributed by atoms with Crippen LogP contribution in [-0.2, 0) is 19.3 Å². The molecule has 0 unspecified atom stereocenters. The molecule has 8 nitrogen and oxygen atoms in total. The smallest absolute Gasteiger partial charge is 0.381 e. The molecule has 0 spiro atoms. The number of carbonyl (C=O) groups is 2. The molecule has 1 saturated carbocycles. The minimum Gasteiger partial charge on any atom is -0.381 e. The van der Waals surface area contributed by atoms with E-state index in [9.17, 15) is 22.8 Å². The summed E-state index contributed by atoms with van der Waals surface area (Å²) in [6.07, 6.45) is -1.07. The molecule has 5 rings (SSSR count). The van der Waals surface area contributed by atoms with Gasteiger partial charge in [0.25, 0.3) is 5.91 Å². The Balaban J connectivity index is 1.56. The van der Waals surface area contributed by atoms with Gasteiger partial charge < -0.3 is 11.5 Å². The molecule has 1 aromatic carbocycles. The number of nitrogens with two attached hydrogens (primary N) is 2. The van der Waals surface area contributed by atoms with E-state index in [1.165, 1.54) is 22.8 Å². The minimum absolute atomic E-state index is 0.0347. The average Bonchev–Trinajstić information content (AvgIpc) is 3.41. The van der Waals surface area contributed by atoms with Crippen molar-refractivity contribution in [2.75, 3.05) is 5.73 Å². The molecule has 2 aliphatic rings. The van der Waals surface area contributed by atoms with Crippen LogP contribution in [-0.4, -0.2) is 37.2 Å². The number of alkyl halides is 3. The number of rotatable bonds is 5. The zero-order valence-corrected chi connectivity index (χ0v) is 17.7. The number of aromatic nitrogens is 3. The first-order chi connectivity index (χ1) is 15.5. The first-order valence-electron chi connectivity index (χ1n) is 10.5. The lowest BCUT2D eigenvalue weighted by molar-refractivity contribution is -0.138. The van der Waals surface area contributed by atoms with Crippen molar-refractivity contribution in [2.45, 2.75) is 45.1 Å².